The highest BCUT2D eigenvalue weighted by Gasteiger charge is 2.34. The second-order valence-corrected chi connectivity index (χ2v) is 9.38. The minimum Gasteiger partial charge on any atom is -0.494 e. The van der Waals surface area contributed by atoms with Gasteiger partial charge in [-0.1, -0.05) is 26.2 Å². The van der Waals surface area contributed by atoms with Gasteiger partial charge < -0.3 is 14.6 Å². The number of tetrazole rings is 1. The topological polar surface area (TPSA) is 92.2 Å². The second-order valence-electron chi connectivity index (χ2n) is 9.38. The average molecular weight is 466 g/mol. The molecule has 182 valence electrons. The Labute approximate surface area is 200 Å². The number of pyridine rings is 1. The number of H-pyrrole nitrogens is 1. The van der Waals surface area contributed by atoms with E-state index in [4.69, 9.17) is 4.74 Å². The van der Waals surface area contributed by atoms with Crippen LogP contribution in [0.3, 0.4) is 0 Å². The normalized spacial score (nSPS) is 19.5. The van der Waals surface area contributed by atoms with Crippen molar-refractivity contribution in [2.24, 2.45) is 0 Å². The van der Waals surface area contributed by atoms with Crippen LogP contribution >= 0.6 is 0 Å². The number of fused-ring (bicyclic) bond motifs is 1. The zero-order valence-corrected chi connectivity index (χ0v) is 20.2. The van der Waals surface area contributed by atoms with Crippen LogP contribution < -0.4 is 10.3 Å². The highest BCUT2D eigenvalue weighted by atomic mass is 16.5. The largest absolute Gasteiger partial charge is 0.494 e. The van der Waals surface area contributed by atoms with Crippen molar-refractivity contribution in [2.75, 3.05) is 39.3 Å². The van der Waals surface area contributed by atoms with E-state index < -0.39 is 0 Å². The van der Waals surface area contributed by atoms with E-state index in [0.717, 1.165) is 68.0 Å². The molecule has 0 radical (unpaired) electrons. The van der Waals surface area contributed by atoms with E-state index in [2.05, 4.69) is 37.2 Å². The Balaban J connectivity index is 1.59. The van der Waals surface area contributed by atoms with E-state index >= 15 is 0 Å². The van der Waals surface area contributed by atoms with Crippen LogP contribution in [0.1, 0.15) is 69.4 Å². The summed E-state index contributed by atoms with van der Waals surface area (Å²) in [6.45, 7) is 9.48. The number of piperazine rings is 1. The molecule has 34 heavy (non-hydrogen) atoms. The van der Waals surface area contributed by atoms with Crippen molar-refractivity contribution in [1.82, 2.24) is 35.0 Å². The van der Waals surface area contributed by atoms with Crippen LogP contribution in [0.25, 0.3) is 10.9 Å². The first-order chi connectivity index (χ1) is 16.7. The van der Waals surface area contributed by atoms with Gasteiger partial charge in [0, 0.05) is 42.6 Å². The van der Waals surface area contributed by atoms with Crippen molar-refractivity contribution in [2.45, 2.75) is 58.0 Å². The molecule has 1 aliphatic carbocycles. The SMILES string of the molecule is CCOc1ccc2[nH]c(=O)c([C@H](c3nnnn3C3CCCCC3)N3CCN(CC)CC3)cc2c1. The maximum atomic E-state index is 13.4. The van der Waals surface area contributed by atoms with Gasteiger partial charge in [0.15, 0.2) is 5.82 Å². The summed E-state index contributed by atoms with van der Waals surface area (Å²) in [5, 5.41) is 14.0. The van der Waals surface area contributed by atoms with E-state index in [0.29, 0.717) is 18.2 Å². The molecule has 3 heterocycles. The lowest BCUT2D eigenvalue weighted by Gasteiger charge is -2.38. The zero-order valence-electron chi connectivity index (χ0n) is 20.2. The van der Waals surface area contributed by atoms with Crippen LogP contribution in [0, 0.1) is 0 Å². The number of nitrogens with zero attached hydrogens (tertiary/aromatic N) is 6. The molecule has 9 nitrogen and oxygen atoms in total. The summed E-state index contributed by atoms with van der Waals surface area (Å²) >= 11 is 0. The molecule has 1 aliphatic heterocycles. The van der Waals surface area contributed by atoms with Gasteiger partial charge in [-0.05, 0) is 61.0 Å². The molecule has 0 bridgehead atoms. The lowest BCUT2D eigenvalue weighted by Crippen LogP contribution is -2.49. The monoisotopic (exact) mass is 465 g/mol. The van der Waals surface area contributed by atoms with Gasteiger partial charge in [-0.15, -0.1) is 5.10 Å². The smallest absolute Gasteiger partial charge is 0.253 e. The molecule has 0 unspecified atom stereocenters. The Kier molecular flexibility index (Phi) is 6.92. The van der Waals surface area contributed by atoms with E-state index in [1.165, 1.54) is 19.3 Å². The van der Waals surface area contributed by atoms with E-state index in [-0.39, 0.29) is 11.6 Å². The Morgan fingerprint density at radius 3 is 2.62 bits per heavy atom. The summed E-state index contributed by atoms with van der Waals surface area (Å²) in [6.07, 6.45) is 5.82. The summed E-state index contributed by atoms with van der Waals surface area (Å²) in [5.41, 5.74) is 1.41. The molecule has 1 saturated heterocycles. The minimum absolute atomic E-state index is 0.0854. The van der Waals surface area contributed by atoms with E-state index in [1.807, 2.05) is 35.9 Å². The Morgan fingerprint density at radius 2 is 1.88 bits per heavy atom. The number of benzene rings is 1. The summed E-state index contributed by atoms with van der Waals surface area (Å²) in [4.78, 5) is 21.3. The number of aromatic amines is 1. The first kappa shape index (κ1) is 23.0. The fourth-order valence-electron chi connectivity index (χ4n) is 5.46. The standard InChI is InChI=1S/C25H35N7O2/c1-3-30-12-14-31(15-13-30)23(24-27-28-29-32(24)19-8-6-5-7-9-19)21-17-18-16-20(34-4-2)10-11-22(18)26-25(21)33/h10-11,16-17,19,23H,3-9,12-15H2,1-2H3,(H,26,33)/t23-/m1/s1. The predicted molar refractivity (Wildman–Crippen MR) is 131 cm³/mol. The van der Waals surface area contributed by atoms with Crippen LogP contribution in [0.15, 0.2) is 29.1 Å². The maximum absolute atomic E-state index is 13.4. The maximum Gasteiger partial charge on any atom is 0.253 e. The second kappa shape index (κ2) is 10.2. The quantitative estimate of drug-likeness (QED) is 0.573. The first-order valence-electron chi connectivity index (χ1n) is 12.7. The first-order valence-corrected chi connectivity index (χ1v) is 12.7. The summed E-state index contributed by atoms with van der Waals surface area (Å²) in [7, 11) is 0. The Hall–Kier alpha value is -2.78. The molecule has 1 saturated carbocycles. The van der Waals surface area contributed by atoms with Gasteiger partial charge in [0.25, 0.3) is 5.56 Å². The number of hydrogen-bond donors (Lipinski definition) is 1. The fourth-order valence-corrected chi connectivity index (χ4v) is 5.46. The third-order valence-electron chi connectivity index (χ3n) is 7.35. The van der Waals surface area contributed by atoms with Crippen molar-refractivity contribution in [3.05, 3.63) is 46.0 Å². The number of hydrogen-bond acceptors (Lipinski definition) is 7. The van der Waals surface area contributed by atoms with Gasteiger partial charge in [-0.3, -0.25) is 9.69 Å². The van der Waals surface area contributed by atoms with Crippen LogP contribution in [-0.4, -0.2) is 74.3 Å². The van der Waals surface area contributed by atoms with Crippen molar-refractivity contribution in [3.8, 4) is 5.75 Å². The lowest BCUT2D eigenvalue weighted by atomic mass is 9.95. The molecule has 9 heteroatoms. The molecule has 3 aromatic rings. The molecule has 0 amide bonds. The molecule has 2 aliphatic rings. The summed E-state index contributed by atoms with van der Waals surface area (Å²) in [6, 6.07) is 7.81. The zero-order chi connectivity index (χ0) is 23.5. The summed E-state index contributed by atoms with van der Waals surface area (Å²) < 4.78 is 7.72. The minimum atomic E-state index is -0.292. The molecule has 1 N–H and O–H groups in total. The van der Waals surface area contributed by atoms with E-state index in [1.54, 1.807) is 0 Å². The number of aromatic nitrogens is 5. The Morgan fingerprint density at radius 1 is 1.09 bits per heavy atom. The van der Waals surface area contributed by atoms with Gasteiger partial charge in [-0.2, -0.15) is 0 Å². The lowest BCUT2D eigenvalue weighted by molar-refractivity contribution is 0.106. The number of likely N-dealkylation sites (N-methyl/N-ethyl adjacent to an activating group) is 1. The van der Waals surface area contributed by atoms with Gasteiger partial charge >= 0.3 is 0 Å². The third-order valence-corrected chi connectivity index (χ3v) is 7.35. The molecule has 1 aromatic carbocycles. The van der Waals surface area contributed by atoms with Crippen LogP contribution in [-0.2, 0) is 0 Å². The Bertz CT molecular complexity index is 1160. The number of ether oxygens (including phenoxy) is 1. The average Bonchev–Trinajstić information content (AvgIpc) is 3.35. The molecule has 5 rings (SSSR count). The van der Waals surface area contributed by atoms with Crippen LogP contribution in [0.4, 0.5) is 0 Å². The van der Waals surface area contributed by atoms with Crippen molar-refractivity contribution in [1.29, 1.82) is 0 Å². The van der Waals surface area contributed by atoms with Crippen LogP contribution in [0.2, 0.25) is 0 Å². The highest BCUT2D eigenvalue weighted by molar-refractivity contribution is 5.80. The third kappa shape index (κ3) is 4.59. The van der Waals surface area contributed by atoms with Gasteiger partial charge in [0.1, 0.15) is 11.8 Å². The molecule has 2 fully saturated rings. The van der Waals surface area contributed by atoms with Gasteiger partial charge in [-0.25, -0.2) is 4.68 Å². The number of rotatable bonds is 7. The predicted octanol–water partition coefficient (Wildman–Crippen LogP) is 3.15. The van der Waals surface area contributed by atoms with Crippen LogP contribution in [0.5, 0.6) is 5.75 Å². The van der Waals surface area contributed by atoms with Gasteiger partial charge in [0.05, 0.1) is 12.6 Å². The molecule has 2 aromatic heterocycles. The number of nitrogens with one attached hydrogen (secondary N) is 1. The fraction of sp³-hybridized carbons (Fsp3) is 0.600. The van der Waals surface area contributed by atoms with Crippen molar-refractivity contribution in [3.63, 3.8) is 0 Å². The van der Waals surface area contributed by atoms with E-state index in [9.17, 15) is 4.79 Å². The molecular weight excluding hydrogens is 430 g/mol. The molecule has 0 spiro atoms. The van der Waals surface area contributed by atoms with Crippen molar-refractivity contribution >= 4 is 10.9 Å². The molecule has 1 atom stereocenters. The van der Waals surface area contributed by atoms with Gasteiger partial charge in [0.2, 0.25) is 0 Å². The summed E-state index contributed by atoms with van der Waals surface area (Å²) in [5.74, 6) is 1.58. The highest BCUT2D eigenvalue weighted by Crippen LogP contribution is 2.33. The molecular formula is C25H35N7O2. The van der Waals surface area contributed by atoms with Crippen molar-refractivity contribution < 1.29 is 4.74 Å².